The third kappa shape index (κ3) is 2.28. The number of carbonyl (C=O) groups is 2. The van der Waals surface area contributed by atoms with Gasteiger partial charge in [0.1, 0.15) is 5.69 Å². The lowest BCUT2D eigenvalue weighted by molar-refractivity contribution is 0.0321. The molecule has 0 bridgehead atoms. The van der Waals surface area contributed by atoms with E-state index in [4.69, 9.17) is 4.74 Å². The van der Waals surface area contributed by atoms with E-state index in [0.29, 0.717) is 25.6 Å². The molecule has 2 N–H and O–H groups in total. The minimum Gasteiger partial charge on any atom is -0.449 e. The Kier molecular flexibility index (Phi) is 2.90. The summed E-state index contributed by atoms with van der Waals surface area (Å²) in [4.78, 5) is 28.9. The number of alkyl carbamates (subject to hydrolysis) is 1. The molecule has 4 rings (SSSR count). The quantitative estimate of drug-likeness (QED) is 0.865. The van der Waals surface area contributed by atoms with Gasteiger partial charge in [-0.05, 0) is 36.8 Å². The number of hydrogen-bond donors (Lipinski definition) is 2. The highest BCUT2D eigenvalue weighted by molar-refractivity contribution is 5.94. The molecule has 112 valence electrons. The number of amides is 2. The molecule has 2 atom stereocenters. The lowest BCUT2D eigenvalue weighted by atomic mass is 9.91. The number of ether oxygens (including phenoxy) is 1. The monoisotopic (exact) mass is 289 g/mol. The van der Waals surface area contributed by atoms with E-state index < -0.39 is 0 Å². The molecule has 3 heterocycles. The molecule has 0 unspecified atom stereocenters. The van der Waals surface area contributed by atoms with Gasteiger partial charge in [0.2, 0.25) is 0 Å². The van der Waals surface area contributed by atoms with Gasteiger partial charge in [0.25, 0.3) is 5.91 Å². The number of nitrogens with zero attached hydrogens (tertiary/aromatic N) is 1. The van der Waals surface area contributed by atoms with Gasteiger partial charge in [-0.3, -0.25) is 4.79 Å². The number of rotatable bonds is 2. The minimum atomic E-state index is -0.337. The van der Waals surface area contributed by atoms with Crippen LogP contribution in [0.4, 0.5) is 4.79 Å². The lowest BCUT2D eigenvalue weighted by Crippen LogP contribution is -2.57. The van der Waals surface area contributed by atoms with Gasteiger partial charge in [0, 0.05) is 31.2 Å². The third-order valence-electron chi connectivity index (χ3n) is 4.76. The summed E-state index contributed by atoms with van der Waals surface area (Å²) in [5.74, 6) is 0.835. The molecule has 1 saturated carbocycles. The van der Waals surface area contributed by atoms with Crippen molar-refractivity contribution < 1.29 is 14.3 Å². The zero-order chi connectivity index (χ0) is 14.4. The zero-order valence-corrected chi connectivity index (χ0v) is 11.8. The molecule has 2 aliphatic heterocycles. The Morgan fingerprint density at radius 1 is 1.33 bits per heavy atom. The highest BCUT2D eigenvalue weighted by atomic mass is 16.6. The number of aromatic nitrogens is 1. The average molecular weight is 289 g/mol. The first-order chi connectivity index (χ1) is 10.2. The number of carbonyl (C=O) groups excluding carboxylic acids is 2. The third-order valence-corrected chi connectivity index (χ3v) is 4.76. The Morgan fingerprint density at radius 2 is 2.19 bits per heavy atom. The predicted octanol–water partition coefficient (Wildman–Crippen LogP) is 1.46. The zero-order valence-electron chi connectivity index (χ0n) is 11.8. The largest absolute Gasteiger partial charge is 0.449 e. The summed E-state index contributed by atoms with van der Waals surface area (Å²) in [7, 11) is 0. The van der Waals surface area contributed by atoms with Crippen molar-refractivity contribution in [3.63, 3.8) is 0 Å². The van der Waals surface area contributed by atoms with Crippen molar-refractivity contribution in [1.29, 1.82) is 0 Å². The van der Waals surface area contributed by atoms with Gasteiger partial charge in [-0.25, -0.2) is 4.79 Å². The molecule has 1 aromatic rings. The molecule has 6 nitrogen and oxygen atoms in total. The van der Waals surface area contributed by atoms with E-state index >= 15 is 0 Å². The van der Waals surface area contributed by atoms with Crippen molar-refractivity contribution >= 4 is 12.0 Å². The smallest absolute Gasteiger partial charge is 0.407 e. The van der Waals surface area contributed by atoms with Crippen molar-refractivity contribution in [3.05, 3.63) is 23.5 Å². The minimum absolute atomic E-state index is 0.0808. The van der Waals surface area contributed by atoms with Gasteiger partial charge >= 0.3 is 6.09 Å². The summed E-state index contributed by atoms with van der Waals surface area (Å²) >= 11 is 0. The summed E-state index contributed by atoms with van der Waals surface area (Å²) in [6.07, 6.45) is 4.69. The first-order valence-electron chi connectivity index (χ1n) is 7.62. The van der Waals surface area contributed by atoms with Gasteiger partial charge in [0.15, 0.2) is 0 Å². The number of H-pyrrole nitrogens is 1. The first kappa shape index (κ1) is 12.7. The number of hydrogen-bond acceptors (Lipinski definition) is 3. The van der Waals surface area contributed by atoms with E-state index in [1.165, 1.54) is 12.8 Å². The van der Waals surface area contributed by atoms with Crippen molar-refractivity contribution in [1.82, 2.24) is 15.2 Å². The van der Waals surface area contributed by atoms with Crippen LogP contribution in [-0.2, 0) is 4.74 Å². The highest BCUT2D eigenvalue weighted by Gasteiger charge is 2.38. The maximum Gasteiger partial charge on any atom is 0.407 e. The molecule has 3 aliphatic rings. The molecule has 1 aromatic heterocycles. The topological polar surface area (TPSA) is 74.4 Å². The van der Waals surface area contributed by atoms with Crippen LogP contribution >= 0.6 is 0 Å². The molecule has 0 spiro atoms. The number of likely N-dealkylation sites (tertiary alicyclic amines) is 1. The van der Waals surface area contributed by atoms with Gasteiger partial charge in [-0.15, -0.1) is 0 Å². The number of cyclic esters (lactones) is 1. The van der Waals surface area contributed by atoms with Crippen LogP contribution < -0.4 is 5.32 Å². The Hall–Kier alpha value is -1.98. The maximum absolute atomic E-state index is 12.7. The Bertz CT molecular complexity index is 578. The SMILES string of the molecule is O=C1N[C@H]2CCN(C(=O)c3[nH]ccc3C3CC3)C[C@@H]2CO1. The fraction of sp³-hybridized carbons (Fsp3) is 0.600. The van der Waals surface area contributed by atoms with Gasteiger partial charge in [-0.2, -0.15) is 0 Å². The van der Waals surface area contributed by atoms with E-state index in [2.05, 4.69) is 10.3 Å². The highest BCUT2D eigenvalue weighted by Crippen LogP contribution is 2.41. The van der Waals surface area contributed by atoms with Crippen LogP contribution in [0.25, 0.3) is 0 Å². The molecule has 0 radical (unpaired) electrons. The summed E-state index contributed by atoms with van der Waals surface area (Å²) in [5.41, 5.74) is 1.91. The predicted molar refractivity (Wildman–Crippen MR) is 75.0 cm³/mol. The first-order valence-corrected chi connectivity index (χ1v) is 7.62. The van der Waals surface area contributed by atoms with Crippen molar-refractivity contribution in [2.75, 3.05) is 19.7 Å². The van der Waals surface area contributed by atoms with E-state index in [9.17, 15) is 9.59 Å². The van der Waals surface area contributed by atoms with Gasteiger partial charge in [-0.1, -0.05) is 0 Å². The molecule has 2 amide bonds. The van der Waals surface area contributed by atoms with E-state index in [1.54, 1.807) is 0 Å². The average Bonchev–Trinajstić information content (AvgIpc) is 3.23. The summed E-state index contributed by atoms with van der Waals surface area (Å²) in [5, 5.41) is 2.85. The van der Waals surface area contributed by atoms with Crippen LogP contribution in [0, 0.1) is 5.92 Å². The van der Waals surface area contributed by atoms with E-state index in [1.807, 2.05) is 17.2 Å². The Morgan fingerprint density at radius 3 is 3.00 bits per heavy atom. The number of aromatic amines is 1. The standard InChI is InChI=1S/C15H19N3O3/c19-14(13-11(3-5-16-13)9-1-2-9)18-6-4-12-10(7-18)8-21-15(20)17-12/h3,5,9-10,12,16H,1-2,4,6-8H2,(H,17,20)/t10-,12+/m1/s1. The second-order valence-electron chi connectivity index (χ2n) is 6.23. The van der Waals surface area contributed by atoms with Crippen molar-refractivity contribution in [2.24, 2.45) is 5.92 Å². The molecule has 6 heteroatoms. The van der Waals surface area contributed by atoms with Crippen LogP contribution in [0.3, 0.4) is 0 Å². The molecule has 3 fully saturated rings. The summed E-state index contributed by atoms with van der Waals surface area (Å²) < 4.78 is 5.04. The number of nitrogens with one attached hydrogen (secondary N) is 2. The number of fused-ring (bicyclic) bond motifs is 1. The van der Waals surface area contributed by atoms with Gasteiger partial charge in [0.05, 0.1) is 6.61 Å². The molecule has 0 aromatic carbocycles. The summed E-state index contributed by atoms with van der Waals surface area (Å²) in [6, 6.07) is 2.17. The van der Waals surface area contributed by atoms with Gasteiger partial charge < -0.3 is 19.9 Å². The van der Waals surface area contributed by atoms with E-state index in [0.717, 1.165) is 17.7 Å². The number of piperidine rings is 1. The molecule has 21 heavy (non-hydrogen) atoms. The van der Waals surface area contributed by atoms with Crippen LogP contribution in [-0.4, -0.2) is 47.6 Å². The van der Waals surface area contributed by atoms with Crippen molar-refractivity contribution in [2.45, 2.75) is 31.2 Å². The van der Waals surface area contributed by atoms with E-state index in [-0.39, 0.29) is 24.0 Å². The second-order valence-corrected chi connectivity index (χ2v) is 6.23. The molecule has 2 saturated heterocycles. The van der Waals surface area contributed by atoms with Crippen molar-refractivity contribution in [3.8, 4) is 0 Å². The van der Waals surface area contributed by atoms with Crippen LogP contribution in [0.5, 0.6) is 0 Å². The maximum atomic E-state index is 12.7. The second kappa shape index (κ2) is 4.79. The lowest BCUT2D eigenvalue weighted by Gasteiger charge is -2.40. The molecular formula is C15H19N3O3. The normalized spacial score (nSPS) is 28.6. The fourth-order valence-electron chi connectivity index (χ4n) is 3.41. The van der Waals surface area contributed by atoms with Crippen LogP contribution in [0.1, 0.15) is 41.2 Å². The molecule has 1 aliphatic carbocycles. The Balaban J connectivity index is 1.48. The Labute approximate surface area is 122 Å². The van der Waals surface area contributed by atoms with Crippen LogP contribution in [0.15, 0.2) is 12.3 Å². The fourth-order valence-corrected chi connectivity index (χ4v) is 3.41. The molecular weight excluding hydrogens is 270 g/mol. The van der Waals surface area contributed by atoms with Crippen LogP contribution in [0.2, 0.25) is 0 Å². The summed E-state index contributed by atoms with van der Waals surface area (Å²) in [6.45, 7) is 1.73.